The van der Waals surface area contributed by atoms with Crippen LogP contribution < -0.4 is 4.74 Å². The number of benzene rings is 2. The SMILES string of the molecule is CC(=O)N1CCN(Cc2ccccc2OCc2ccccn2)C[C@H]1c1ccccc1. The summed E-state index contributed by atoms with van der Waals surface area (Å²) in [7, 11) is 0. The lowest BCUT2D eigenvalue weighted by Crippen LogP contribution is -2.49. The molecule has 0 bridgehead atoms. The Bertz CT molecular complexity index is 962. The summed E-state index contributed by atoms with van der Waals surface area (Å²) in [5.74, 6) is 1.01. The first-order chi connectivity index (χ1) is 14.7. The second kappa shape index (κ2) is 9.55. The summed E-state index contributed by atoms with van der Waals surface area (Å²) >= 11 is 0. The van der Waals surface area contributed by atoms with Crippen molar-refractivity contribution in [1.82, 2.24) is 14.8 Å². The summed E-state index contributed by atoms with van der Waals surface area (Å²) in [6.07, 6.45) is 1.78. The molecule has 1 fully saturated rings. The molecule has 154 valence electrons. The first-order valence-corrected chi connectivity index (χ1v) is 10.4. The van der Waals surface area contributed by atoms with E-state index < -0.39 is 0 Å². The molecule has 0 radical (unpaired) electrons. The van der Waals surface area contributed by atoms with Crippen molar-refractivity contribution in [2.45, 2.75) is 26.1 Å². The van der Waals surface area contributed by atoms with E-state index in [1.807, 2.05) is 59.5 Å². The highest BCUT2D eigenvalue weighted by Crippen LogP contribution is 2.28. The maximum Gasteiger partial charge on any atom is 0.220 e. The van der Waals surface area contributed by atoms with Crippen molar-refractivity contribution in [2.24, 2.45) is 0 Å². The van der Waals surface area contributed by atoms with E-state index in [0.29, 0.717) is 6.61 Å². The number of nitrogens with zero attached hydrogens (tertiary/aromatic N) is 3. The Hall–Kier alpha value is -3.18. The van der Waals surface area contributed by atoms with Crippen molar-refractivity contribution in [1.29, 1.82) is 0 Å². The summed E-state index contributed by atoms with van der Waals surface area (Å²) in [5, 5.41) is 0. The molecule has 0 aliphatic carbocycles. The largest absolute Gasteiger partial charge is 0.487 e. The molecule has 5 heteroatoms. The fourth-order valence-corrected chi connectivity index (χ4v) is 3.97. The average molecular weight is 402 g/mol. The standard InChI is InChI=1S/C25H27N3O2/c1-20(29)28-16-15-27(18-24(28)21-9-3-2-4-10-21)17-22-11-5-6-13-25(22)30-19-23-12-7-8-14-26-23/h2-14,24H,15-19H2,1H3/t24-/m0/s1. The van der Waals surface area contributed by atoms with E-state index in [-0.39, 0.29) is 11.9 Å². The molecule has 1 atom stereocenters. The van der Waals surface area contributed by atoms with E-state index in [0.717, 1.165) is 43.2 Å². The predicted octanol–water partition coefficient (Wildman–Crippen LogP) is 4.07. The van der Waals surface area contributed by atoms with Gasteiger partial charge in [0.1, 0.15) is 12.4 Å². The zero-order valence-electron chi connectivity index (χ0n) is 17.3. The van der Waals surface area contributed by atoms with Crippen LogP contribution in [0.15, 0.2) is 79.0 Å². The average Bonchev–Trinajstić information content (AvgIpc) is 2.79. The summed E-state index contributed by atoms with van der Waals surface area (Å²) in [6.45, 7) is 5.27. The van der Waals surface area contributed by atoms with Crippen molar-refractivity contribution in [2.75, 3.05) is 19.6 Å². The number of amides is 1. The monoisotopic (exact) mass is 401 g/mol. The van der Waals surface area contributed by atoms with Gasteiger partial charge in [0.2, 0.25) is 5.91 Å². The van der Waals surface area contributed by atoms with Crippen LogP contribution in [-0.2, 0) is 17.9 Å². The minimum Gasteiger partial charge on any atom is -0.487 e. The molecular formula is C25H27N3O2. The minimum atomic E-state index is 0.0686. The van der Waals surface area contributed by atoms with Crippen LogP contribution >= 0.6 is 0 Å². The summed E-state index contributed by atoms with van der Waals surface area (Å²) in [6, 6.07) is 24.4. The lowest BCUT2D eigenvalue weighted by atomic mass is 10.0. The van der Waals surface area contributed by atoms with Crippen LogP contribution in [0.25, 0.3) is 0 Å². The maximum absolute atomic E-state index is 12.2. The molecule has 0 saturated carbocycles. The van der Waals surface area contributed by atoms with Crippen LogP contribution in [0.1, 0.15) is 29.8 Å². The summed E-state index contributed by atoms with van der Waals surface area (Å²) in [5.41, 5.74) is 3.24. The van der Waals surface area contributed by atoms with E-state index in [9.17, 15) is 4.79 Å². The fourth-order valence-electron chi connectivity index (χ4n) is 3.97. The third-order valence-corrected chi connectivity index (χ3v) is 5.52. The van der Waals surface area contributed by atoms with Gasteiger partial charge < -0.3 is 9.64 Å². The predicted molar refractivity (Wildman–Crippen MR) is 117 cm³/mol. The normalized spacial score (nSPS) is 17.0. The van der Waals surface area contributed by atoms with E-state index >= 15 is 0 Å². The number of pyridine rings is 1. The first-order valence-electron chi connectivity index (χ1n) is 10.4. The zero-order chi connectivity index (χ0) is 20.8. The molecule has 2 aromatic carbocycles. The molecule has 0 unspecified atom stereocenters. The Kier molecular flexibility index (Phi) is 6.40. The topological polar surface area (TPSA) is 45.7 Å². The highest BCUT2D eigenvalue weighted by atomic mass is 16.5. The highest BCUT2D eigenvalue weighted by Gasteiger charge is 2.30. The van der Waals surface area contributed by atoms with Crippen molar-refractivity contribution >= 4 is 5.91 Å². The van der Waals surface area contributed by atoms with Gasteiger partial charge in [0, 0.05) is 44.9 Å². The Morgan fingerprint density at radius 3 is 2.53 bits per heavy atom. The van der Waals surface area contributed by atoms with Crippen molar-refractivity contribution in [3.8, 4) is 5.75 Å². The van der Waals surface area contributed by atoms with E-state index in [4.69, 9.17) is 4.74 Å². The second-order valence-corrected chi connectivity index (χ2v) is 7.59. The molecule has 30 heavy (non-hydrogen) atoms. The number of ether oxygens (including phenoxy) is 1. The summed E-state index contributed by atoms with van der Waals surface area (Å²) in [4.78, 5) is 20.9. The smallest absolute Gasteiger partial charge is 0.220 e. The quantitative estimate of drug-likeness (QED) is 0.625. The Balaban J connectivity index is 1.47. The molecule has 1 saturated heterocycles. The van der Waals surface area contributed by atoms with Gasteiger partial charge in [0.25, 0.3) is 0 Å². The van der Waals surface area contributed by atoms with E-state index in [2.05, 4.69) is 28.1 Å². The number of piperazine rings is 1. The molecule has 5 nitrogen and oxygen atoms in total. The number of hydrogen-bond donors (Lipinski definition) is 0. The van der Waals surface area contributed by atoms with E-state index in [1.165, 1.54) is 5.56 Å². The lowest BCUT2D eigenvalue weighted by molar-refractivity contribution is -0.134. The van der Waals surface area contributed by atoms with Gasteiger partial charge in [-0.2, -0.15) is 0 Å². The maximum atomic E-state index is 12.2. The number of carbonyl (C=O) groups excluding carboxylic acids is 1. The number of aromatic nitrogens is 1. The third kappa shape index (κ3) is 4.86. The lowest BCUT2D eigenvalue weighted by Gasteiger charge is -2.41. The van der Waals surface area contributed by atoms with Gasteiger partial charge >= 0.3 is 0 Å². The van der Waals surface area contributed by atoms with Gasteiger partial charge in [-0.3, -0.25) is 14.7 Å². The Labute approximate surface area is 177 Å². The first kappa shape index (κ1) is 20.1. The molecule has 1 aromatic heterocycles. The van der Waals surface area contributed by atoms with Gasteiger partial charge in [0.05, 0.1) is 11.7 Å². The number of rotatable bonds is 6. The Morgan fingerprint density at radius 2 is 1.77 bits per heavy atom. The van der Waals surface area contributed by atoms with Gasteiger partial charge in [-0.1, -0.05) is 54.6 Å². The van der Waals surface area contributed by atoms with Crippen LogP contribution in [-0.4, -0.2) is 40.3 Å². The van der Waals surface area contributed by atoms with Crippen LogP contribution in [0, 0.1) is 0 Å². The highest BCUT2D eigenvalue weighted by molar-refractivity contribution is 5.74. The molecule has 1 amide bonds. The van der Waals surface area contributed by atoms with Crippen LogP contribution in [0.2, 0.25) is 0 Å². The van der Waals surface area contributed by atoms with Crippen molar-refractivity contribution in [3.63, 3.8) is 0 Å². The molecule has 2 heterocycles. The minimum absolute atomic E-state index is 0.0686. The molecule has 1 aliphatic heterocycles. The molecule has 4 rings (SSSR count). The second-order valence-electron chi connectivity index (χ2n) is 7.59. The summed E-state index contributed by atoms with van der Waals surface area (Å²) < 4.78 is 6.08. The Morgan fingerprint density at radius 1 is 1.00 bits per heavy atom. The molecule has 3 aromatic rings. The number of carbonyl (C=O) groups is 1. The molecule has 0 N–H and O–H groups in total. The van der Waals surface area contributed by atoms with Gasteiger partial charge in [0.15, 0.2) is 0 Å². The van der Waals surface area contributed by atoms with E-state index in [1.54, 1.807) is 13.1 Å². The number of hydrogen-bond acceptors (Lipinski definition) is 4. The fraction of sp³-hybridized carbons (Fsp3) is 0.280. The van der Waals surface area contributed by atoms with Crippen molar-refractivity contribution < 1.29 is 9.53 Å². The number of para-hydroxylation sites is 1. The third-order valence-electron chi connectivity index (χ3n) is 5.52. The van der Waals surface area contributed by atoms with Gasteiger partial charge in [-0.25, -0.2) is 0 Å². The van der Waals surface area contributed by atoms with Crippen LogP contribution in [0.5, 0.6) is 5.75 Å². The van der Waals surface area contributed by atoms with Gasteiger partial charge in [-0.15, -0.1) is 0 Å². The molecular weight excluding hydrogens is 374 g/mol. The zero-order valence-corrected chi connectivity index (χ0v) is 17.3. The van der Waals surface area contributed by atoms with Crippen LogP contribution in [0.4, 0.5) is 0 Å². The molecule has 0 spiro atoms. The van der Waals surface area contributed by atoms with Crippen molar-refractivity contribution in [3.05, 3.63) is 95.8 Å². The van der Waals surface area contributed by atoms with Gasteiger partial charge in [-0.05, 0) is 23.8 Å². The molecule has 1 aliphatic rings. The van der Waals surface area contributed by atoms with Crippen LogP contribution in [0.3, 0.4) is 0 Å².